The maximum atomic E-state index is 13.3. The largest absolute Gasteiger partial charge is 0.437 e. The van der Waals surface area contributed by atoms with Gasteiger partial charge in [0.1, 0.15) is 16.3 Å². The van der Waals surface area contributed by atoms with Gasteiger partial charge in [-0.2, -0.15) is 4.98 Å². The zero-order valence-electron chi connectivity index (χ0n) is 11.9. The van der Waals surface area contributed by atoms with E-state index in [1.807, 2.05) is 11.4 Å². The van der Waals surface area contributed by atoms with Gasteiger partial charge in [0.05, 0.1) is 12.1 Å². The van der Waals surface area contributed by atoms with Crippen LogP contribution in [-0.2, 0) is 4.74 Å². The normalized spacial score (nSPS) is 10.8. The summed E-state index contributed by atoms with van der Waals surface area (Å²) in [6.07, 6.45) is 0. The Morgan fingerprint density at radius 2 is 2.18 bits per heavy atom. The Morgan fingerprint density at radius 3 is 3.00 bits per heavy atom. The van der Waals surface area contributed by atoms with E-state index < -0.39 is 0 Å². The Morgan fingerprint density at radius 1 is 1.27 bits per heavy atom. The quantitative estimate of drug-likeness (QED) is 0.702. The number of aromatic nitrogens is 2. The van der Waals surface area contributed by atoms with E-state index in [1.54, 1.807) is 19.2 Å². The lowest BCUT2D eigenvalue weighted by atomic mass is 10.3. The fourth-order valence-electron chi connectivity index (χ4n) is 1.89. The van der Waals surface area contributed by atoms with Crippen LogP contribution in [0.3, 0.4) is 0 Å². The minimum atomic E-state index is -0.354. The second kappa shape index (κ2) is 6.67. The van der Waals surface area contributed by atoms with E-state index in [4.69, 9.17) is 9.47 Å². The third kappa shape index (κ3) is 3.32. The van der Waals surface area contributed by atoms with Gasteiger partial charge in [-0.25, -0.2) is 9.37 Å². The summed E-state index contributed by atoms with van der Waals surface area (Å²) in [5, 5.41) is 4.98. The third-order valence-corrected chi connectivity index (χ3v) is 3.76. The molecule has 0 saturated heterocycles. The number of thiophene rings is 1. The maximum Gasteiger partial charge on any atom is 0.242 e. The number of fused-ring (bicyclic) bond motifs is 1. The van der Waals surface area contributed by atoms with E-state index in [2.05, 4.69) is 15.3 Å². The highest BCUT2D eigenvalue weighted by atomic mass is 32.1. The molecule has 1 N–H and O–H groups in total. The molecule has 7 heteroatoms. The molecule has 0 aliphatic heterocycles. The van der Waals surface area contributed by atoms with Gasteiger partial charge in [-0.05, 0) is 23.6 Å². The fraction of sp³-hybridized carbons (Fsp3) is 0.200. The molecule has 0 unspecified atom stereocenters. The van der Waals surface area contributed by atoms with Crippen molar-refractivity contribution in [2.75, 3.05) is 25.6 Å². The van der Waals surface area contributed by atoms with Gasteiger partial charge in [-0.15, -0.1) is 11.3 Å². The van der Waals surface area contributed by atoms with Crippen LogP contribution in [0.2, 0.25) is 0 Å². The number of anilines is 1. The van der Waals surface area contributed by atoms with Crippen molar-refractivity contribution in [3.63, 3.8) is 0 Å². The summed E-state index contributed by atoms with van der Waals surface area (Å²) in [5.41, 5.74) is 0.784. The van der Waals surface area contributed by atoms with Crippen LogP contribution in [0.4, 0.5) is 10.3 Å². The molecule has 0 spiro atoms. The zero-order valence-corrected chi connectivity index (χ0v) is 12.7. The average Bonchev–Trinajstić information content (AvgIpc) is 2.96. The van der Waals surface area contributed by atoms with Crippen molar-refractivity contribution in [1.29, 1.82) is 0 Å². The van der Waals surface area contributed by atoms with Gasteiger partial charge in [0.2, 0.25) is 11.8 Å². The number of nitrogens with one attached hydrogen (secondary N) is 1. The first-order valence-electron chi connectivity index (χ1n) is 6.68. The molecule has 2 heterocycles. The van der Waals surface area contributed by atoms with Crippen molar-refractivity contribution in [3.8, 4) is 11.6 Å². The average molecular weight is 319 g/mol. The van der Waals surface area contributed by atoms with Crippen LogP contribution in [0.25, 0.3) is 10.2 Å². The number of hydrogen-bond acceptors (Lipinski definition) is 6. The summed E-state index contributed by atoms with van der Waals surface area (Å²) in [7, 11) is 1.63. The Hall–Kier alpha value is -2.25. The minimum absolute atomic E-state index is 0.354. The molecule has 3 aromatic rings. The van der Waals surface area contributed by atoms with Gasteiger partial charge in [-0.3, -0.25) is 0 Å². The van der Waals surface area contributed by atoms with Gasteiger partial charge in [0.15, 0.2) is 0 Å². The van der Waals surface area contributed by atoms with Gasteiger partial charge >= 0.3 is 0 Å². The summed E-state index contributed by atoms with van der Waals surface area (Å²) >= 11 is 1.48. The molecule has 0 bridgehead atoms. The lowest BCUT2D eigenvalue weighted by molar-refractivity contribution is 0.210. The van der Waals surface area contributed by atoms with Gasteiger partial charge in [-0.1, -0.05) is 6.07 Å². The SMILES string of the molecule is COCCNc1nc(Oc2cccc(F)c2)c2sccc2n1. The Bertz CT molecular complexity index is 778. The Kier molecular flexibility index (Phi) is 4.45. The van der Waals surface area contributed by atoms with E-state index >= 15 is 0 Å². The molecule has 0 fully saturated rings. The Balaban J connectivity index is 1.91. The second-order valence-electron chi connectivity index (χ2n) is 4.47. The zero-order chi connectivity index (χ0) is 15.4. The molecule has 0 saturated carbocycles. The van der Waals surface area contributed by atoms with Crippen LogP contribution in [0.1, 0.15) is 0 Å². The molecule has 0 radical (unpaired) electrons. The van der Waals surface area contributed by atoms with Crippen LogP contribution in [0.15, 0.2) is 35.7 Å². The molecule has 0 aliphatic rings. The minimum Gasteiger partial charge on any atom is -0.437 e. The number of nitrogens with zero attached hydrogens (tertiary/aromatic N) is 2. The van der Waals surface area contributed by atoms with E-state index in [9.17, 15) is 4.39 Å². The van der Waals surface area contributed by atoms with E-state index in [-0.39, 0.29) is 5.82 Å². The van der Waals surface area contributed by atoms with Crippen LogP contribution in [0.5, 0.6) is 11.6 Å². The highest BCUT2D eigenvalue weighted by Crippen LogP contribution is 2.32. The highest BCUT2D eigenvalue weighted by molar-refractivity contribution is 7.17. The smallest absolute Gasteiger partial charge is 0.242 e. The molecule has 0 aliphatic carbocycles. The van der Waals surface area contributed by atoms with Crippen molar-refractivity contribution >= 4 is 27.5 Å². The first-order valence-corrected chi connectivity index (χ1v) is 7.55. The summed E-state index contributed by atoms with van der Waals surface area (Å²) in [4.78, 5) is 8.76. The topological polar surface area (TPSA) is 56.3 Å². The molecule has 3 rings (SSSR count). The molecule has 22 heavy (non-hydrogen) atoms. The second-order valence-corrected chi connectivity index (χ2v) is 5.38. The molecule has 114 valence electrons. The number of ether oxygens (including phenoxy) is 2. The lowest BCUT2D eigenvalue weighted by Crippen LogP contribution is -2.10. The van der Waals surface area contributed by atoms with Gasteiger partial charge in [0.25, 0.3) is 0 Å². The van der Waals surface area contributed by atoms with Crippen LogP contribution < -0.4 is 10.1 Å². The van der Waals surface area contributed by atoms with E-state index in [0.29, 0.717) is 30.7 Å². The van der Waals surface area contributed by atoms with Gasteiger partial charge < -0.3 is 14.8 Å². The van der Waals surface area contributed by atoms with E-state index in [1.165, 1.54) is 23.5 Å². The predicted molar refractivity (Wildman–Crippen MR) is 84.3 cm³/mol. The first-order chi connectivity index (χ1) is 10.8. The molecular formula is C15H14FN3O2S. The van der Waals surface area contributed by atoms with Crippen LogP contribution in [0, 0.1) is 5.82 Å². The van der Waals surface area contributed by atoms with E-state index in [0.717, 1.165) is 10.2 Å². The molecular weight excluding hydrogens is 305 g/mol. The summed E-state index contributed by atoms with van der Waals surface area (Å²) in [6.45, 7) is 1.14. The number of halogens is 1. The van der Waals surface area contributed by atoms with Crippen molar-refractivity contribution in [2.24, 2.45) is 0 Å². The number of benzene rings is 1. The van der Waals surface area contributed by atoms with Crippen molar-refractivity contribution in [2.45, 2.75) is 0 Å². The predicted octanol–water partition coefficient (Wildman–Crippen LogP) is 3.68. The molecule has 5 nitrogen and oxygen atoms in total. The molecule has 2 aromatic heterocycles. The summed E-state index contributed by atoms with van der Waals surface area (Å²) in [6, 6.07) is 7.85. The highest BCUT2D eigenvalue weighted by Gasteiger charge is 2.11. The molecule has 1 aromatic carbocycles. The fourth-order valence-corrected chi connectivity index (χ4v) is 2.65. The summed E-state index contributed by atoms with van der Waals surface area (Å²) in [5.74, 6) is 0.906. The van der Waals surface area contributed by atoms with Gasteiger partial charge in [0, 0.05) is 19.7 Å². The van der Waals surface area contributed by atoms with Crippen LogP contribution >= 0.6 is 11.3 Å². The number of hydrogen-bond donors (Lipinski definition) is 1. The first kappa shape index (κ1) is 14.7. The van der Waals surface area contributed by atoms with Crippen molar-refractivity contribution in [1.82, 2.24) is 9.97 Å². The van der Waals surface area contributed by atoms with Crippen molar-refractivity contribution in [3.05, 3.63) is 41.5 Å². The monoisotopic (exact) mass is 319 g/mol. The summed E-state index contributed by atoms with van der Waals surface area (Å²) < 4.78 is 24.8. The maximum absolute atomic E-state index is 13.3. The number of methoxy groups -OCH3 is 1. The molecule has 0 atom stereocenters. The third-order valence-electron chi connectivity index (χ3n) is 2.87. The van der Waals surface area contributed by atoms with Crippen molar-refractivity contribution < 1.29 is 13.9 Å². The molecule has 0 amide bonds. The standard InChI is InChI=1S/C15H14FN3O2S/c1-20-7-6-17-15-18-12-5-8-22-13(12)14(19-15)21-11-4-2-3-10(16)9-11/h2-5,8-9H,6-7H2,1H3,(H,17,18,19). The lowest BCUT2D eigenvalue weighted by Gasteiger charge is -2.09. The Labute approximate surface area is 130 Å². The van der Waals surface area contributed by atoms with Crippen LogP contribution in [-0.4, -0.2) is 30.2 Å². The number of rotatable bonds is 6.